The first-order chi connectivity index (χ1) is 16.2. The van der Waals surface area contributed by atoms with E-state index in [0.29, 0.717) is 18.5 Å². The van der Waals surface area contributed by atoms with E-state index in [1.54, 1.807) is 24.1 Å². The number of likely N-dealkylation sites (tertiary alicyclic amines) is 1. The number of nitrogens with zero attached hydrogens (tertiary/aromatic N) is 5. The second kappa shape index (κ2) is 8.30. The molecule has 5 rings (SSSR count). The van der Waals surface area contributed by atoms with Crippen molar-refractivity contribution >= 4 is 5.91 Å². The van der Waals surface area contributed by atoms with Crippen molar-refractivity contribution in [2.45, 2.75) is 38.1 Å². The van der Waals surface area contributed by atoms with Crippen LogP contribution in [0.15, 0.2) is 43.0 Å². The molecule has 1 saturated heterocycles. The highest BCUT2D eigenvalue weighted by atomic mass is 19.4. The van der Waals surface area contributed by atoms with Crippen LogP contribution in [0.1, 0.15) is 34.3 Å². The van der Waals surface area contributed by atoms with Gasteiger partial charge in [0.25, 0.3) is 5.91 Å². The maximum Gasteiger partial charge on any atom is 0.417 e. The first-order valence-corrected chi connectivity index (χ1v) is 10.6. The van der Waals surface area contributed by atoms with Crippen LogP contribution in [0.3, 0.4) is 0 Å². The van der Waals surface area contributed by atoms with Gasteiger partial charge < -0.3 is 9.64 Å². The molecule has 1 saturated carbocycles. The van der Waals surface area contributed by atoms with Gasteiger partial charge in [-0.15, -0.1) is 0 Å². The van der Waals surface area contributed by atoms with Gasteiger partial charge in [0.1, 0.15) is 11.8 Å². The van der Waals surface area contributed by atoms with Gasteiger partial charge >= 0.3 is 6.18 Å². The number of carbonyl (C=O) groups is 1. The lowest BCUT2D eigenvalue weighted by Gasteiger charge is -2.33. The first-order valence-electron chi connectivity index (χ1n) is 10.6. The average Bonchev–Trinajstić information content (AvgIpc) is 3.40. The van der Waals surface area contributed by atoms with Crippen LogP contribution >= 0.6 is 0 Å². The molecule has 1 aliphatic carbocycles. The van der Waals surface area contributed by atoms with Crippen molar-refractivity contribution < 1.29 is 27.1 Å². The van der Waals surface area contributed by atoms with E-state index in [-0.39, 0.29) is 35.3 Å². The lowest BCUT2D eigenvalue weighted by molar-refractivity contribution is -0.137. The van der Waals surface area contributed by atoms with Gasteiger partial charge in [-0.05, 0) is 43.4 Å². The number of hydrogen-bond donors (Lipinski definition) is 0. The molecule has 1 aliphatic heterocycles. The minimum atomic E-state index is -4.48. The summed E-state index contributed by atoms with van der Waals surface area (Å²) in [5.74, 6) is -0.458. The van der Waals surface area contributed by atoms with Gasteiger partial charge in [-0.2, -0.15) is 13.2 Å². The summed E-state index contributed by atoms with van der Waals surface area (Å²) in [5, 5.41) is 0. The van der Waals surface area contributed by atoms with Crippen molar-refractivity contribution in [3.63, 3.8) is 0 Å². The Morgan fingerprint density at radius 2 is 1.82 bits per heavy atom. The molecule has 1 amide bonds. The summed E-state index contributed by atoms with van der Waals surface area (Å²) in [6.07, 6.45) is 0.865. The minimum absolute atomic E-state index is 0.0792. The average molecular weight is 473 g/mol. The molecule has 0 unspecified atom stereocenters. The number of aryl methyl sites for hydroxylation is 1. The Kier molecular flexibility index (Phi) is 5.41. The van der Waals surface area contributed by atoms with E-state index in [0.717, 1.165) is 36.6 Å². The van der Waals surface area contributed by atoms with Gasteiger partial charge in [-0.25, -0.2) is 19.3 Å². The van der Waals surface area contributed by atoms with Crippen molar-refractivity contribution in [3.05, 3.63) is 65.5 Å². The zero-order valence-electron chi connectivity index (χ0n) is 18.0. The molecule has 2 bridgehead atoms. The van der Waals surface area contributed by atoms with Gasteiger partial charge in [0.05, 0.1) is 29.6 Å². The van der Waals surface area contributed by atoms with Crippen LogP contribution < -0.4 is 4.74 Å². The van der Waals surface area contributed by atoms with Crippen LogP contribution in [-0.4, -0.2) is 49.4 Å². The van der Waals surface area contributed by atoms with E-state index < -0.39 is 23.7 Å². The maximum atomic E-state index is 13.6. The Morgan fingerprint density at radius 1 is 1.06 bits per heavy atom. The molecule has 2 fully saturated rings. The summed E-state index contributed by atoms with van der Waals surface area (Å²) in [7, 11) is 0. The summed E-state index contributed by atoms with van der Waals surface area (Å²) in [4.78, 5) is 31.3. The van der Waals surface area contributed by atoms with Gasteiger partial charge in [0.15, 0.2) is 11.6 Å². The summed E-state index contributed by atoms with van der Waals surface area (Å²) < 4.78 is 57.6. The second-order valence-electron chi connectivity index (χ2n) is 8.54. The van der Waals surface area contributed by atoms with E-state index >= 15 is 0 Å². The third-order valence-corrected chi connectivity index (χ3v) is 6.11. The highest BCUT2D eigenvalue weighted by Crippen LogP contribution is 2.41. The Labute approximate surface area is 191 Å². The molecule has 3 atom stereocenters. The SMILES string of the molecule is Cc1cnc(-c2ncc(F)cn2)c(C(=O)N2C[C@H]3C[C@@H](Oc4ccc(C(F)(F)F)cn4)[C@@H]2C3)c1. The van der Waals surface area contributed by atoms with Crippen LogP contribution in [0, 0.1) is 18.7 Å². The summed E-state index contributed by atoms with van der Waals surface area (Å²) in [6, 6.07) is 3.54. The number of ether oxygens (including phenoxy) is 1. The van der Waals surface area contributed by atoms with Gasteiger partial charge in [0.2, 0.25) is 5.88 Å². The predicted molar refractivity (Wildman–Crippen MR) is 111 cm³/mol. The smallest absolute Gasteiger partial charge is 0.417 e. The lowest BCUT2D eigenvalue weighted by atomic mass is 10.0. The molecule has 0 radical (unpaired) electrons. The monoisotopic (exact) mass is 473 g/mol. The number of pyridine rings is 2. The molecule has 0 N–H and O–H groups in total. The number of carbonyl (C=O) groups excluding carboxylic acids is 1. The molecule has 0 aromatic carbocycles. The quantitative estimate of drug-likeness (QED) is 0.532. The molecule has 3 aromatic rings. The Bertz CT molecular complexity index is 1220. The normalized spacial score (nSPS) is 21.7. The molecular weight excluding hydrogens is 454 g/mol. The molecule has 3 aromatic heterocycles. The highest BCUT2D eigenvalue weighted by molar-refractivity contribution is 5.99. The number of piperidine rings is 1. The molecule has 176 valence electrons. The van der Waals surface area contributed by atoms with Gasteiger partial charge in [-0.3, -0.25) is 9.78 Å². The standard InChI is InChI=1S/C23H19F4N5O2/c1-12-4-16(20(29-7-12)21-30-9-15(24)10-31-21)22(33)32-11-13-5-17(32)18(6-13)34-19-3-2-14(8-28-19)23(25,26)27/h2-4,7-10,13,17-18H,5-6,11H2,1H3/t13-,17+,18-/m1/s1. The van der Waals surface area contributed by atoms with Gasteiger partial charge in [0, 0.05) is 25.0 Å². The van der Waals surface area contributed by atoms with E-state index in [4.69, 9.17) is 4.74 Å². The van der Waals surface area contributed by atoms with Crippen molar-refractivity contribution in [3.8, 4) is 17.4 Å². The van der Waals surface area contributed by atoms with Crippen LogP contribution in [0.2, 0.25) is 0 Å². The predicted octanol–water partition coefficient (Wildman–Crippen LogP) is 4.08. The molecular formula is C23H19F4N5O2. The highest BCUT2D eigenvalue weighted by Gasteiger charge is 2.49. The zero-order chi connectivity index (χ0) is 24.0. The first kappa shape index (κ1) is 22.2. The molecule has 11 heteroatoms. The summed E-state index contributed by atoms with van der Waals surface area (Å²) >= 11 is 0. The Morgan fingerprint density at radius 3 is 2.47 bits per heavy atom. The maximum absolute atomic E-state index is 13.6. The van der Waals surface area contributed by atoms with Crippen molar-refractivity contribution in [1.29, 1.82) is 0 Å². The summed E-state index contributed by atoms with van der Waals surface area (Å²) in [5.41, 5.74) is 0.457. The number of fused-ring (bicyclic) bond motifs is 2. The van der Waals surface area contributed by atoms with Crippen molar-refractivity contribution in [1.82, 2.24) is 24.8 Å². The van der Waals surface area contributed by atoms with E-state index in [2.05, 4.69) is 19.9 Å². The fourth-order valence-electron chi connectivity index (χ4n) is 4.60. The third kappa shape index (κ3) is 4.17. The Hall–Kier alpha value is -3.63. The van der Waals surface area contributed by atoms with E-state index in [1.807, 2.05) is 0 Å². The molecule has 34 heavy (non-hydrogen) atoms. The number of amides is 1. The number of aromatic nitrogens is 4. The number of halogens is 4. The number of hydrogen-bond acceptors (Lipinski definition) is 6. The minimum Gasteiger partial charge on any atom is -0.472 e. The topological polar surface area (TPSA) is 81.1 Å². The van der Waals surface area contributed by atoms with Crippen LogP contribution in [0.4, 0.5) is 17.6 Å². The fourth-order valence-corrected chi connectivity index (χ4v) is 4.60. The lowest BCUT2D eigenvalue weighted by Crippen LogP contribution is -2.47. The van der Waals surface area contributed by atoms with E-state index in [9.17, 15) is 22.4 Å². The third-order valence-electron chi connectivity index (χ3n) is 6.11. The second-order valence-corrected chi connectivity index (χ2v) is 8.54. The number of alkyl halides is 3. The molecule has 4 heterocycles. The van der Waals surface area contributed by atoms with Crippen LogP contribution in [0.5, 0.6) is 5.88 Å². The van der Waals surface area contributed by atoms with Crippen LogP contribution in [-0.2, 0) is 6.18 Å². The fraction of sp³-hybridized carbons (Fsp3) is 0.348. The Balaban J connectivity index is 1.38. The molecule has 7 nitrogen and oxygen atoms in total. The zero-order valence-corrected chi connectivity index (χ0v) is 18.0. The molecule has 0 spiro atoms. The van der Waals surface area contributed by atoms with Crippen LogP contribution in [0.25, 0.3) is 11.5 Å². The van der Waals surface area contributed by atoms with E-state index in [1.165, 1.54) is 6.07 Å². The van der Waals surface area contributed by atoms with Gasteiger partial charge in [-0.1, -0.05) is 0 Å². The largest absolute Gasteiger partial charge is 0.472 e. The summed E-state index contributed by atoms with van der Waals surface area (Å²) in [6.45, 7) is 2.33. The molecule has 2 aliphatic rings. The van der Waals surface area contributed by atoms with Crippen molar-refractivity contribution in [2.24, 2.45) is 5.92 Å². The van der Waals surface area contributed by atoms with Crippen molar-refractivity contribution in [2.75, 3.05) is 6.54 Å². The number of rotatable bonds is 4.